The molecule has 0 saturated heterocycles. The normalized spacial score (nSPS) is 14.6. The number of aromatic amines is 1. The van der Waals surface area contributed by atoms with Gasteiger partial charge in [-0.15, -0.1) is 0 Å². The maximum Gasteiger partial charge on any atom is 0.257 e. The molecule has 2 N–H and O–H groups in total. The largest absolute Gasteiger partial charge is 0.483 e. The highest BCUT2D eigenvalue weighted by Crippen LogP contribution is 2.41. The molecule has 0 unspecified atom stereocenters. The van der Waals surface area contributed by atoms with Crippen LogP contribution >= 0.6 is 0 Å². The van der Waals surface area contributed by atoms with Gasteiger partial charge in [-0.1, -0.05) is 30.3 Å². The van der Waals surface area contributed by atoms with E-state index in [1.54, 1.807) is 0 Å². The Morgan fingerprint density at radius 2 is 2.07 bits per heavy atom. The second-order valence-electron chi connectivity index (χ2n) is 7.53. The van der Waals surface area contributed by atoms with E-state index < -0.39 is 0 Å². The van der Waals surface area contributed by atoms with Gasteiger partial charge in [0, 0.05) is 35.6 Å². The molecule has 0 spiro atoms. The molecule has 2 heterocycles. The molecule has 0 saturated carbocycles. The summed E-state index contributed by atoms with van der Waals surface area (Å²) in [5, 5.41) is 4.12. The number of H-pyrrole nitrogens is 1. The standard InChI is InChI=1S/C22H24N2O3/c1-22(2)12-15-6-5-9-19(21(15)27-22)26-14-20(25)23-11-10-16-13-24-18-8-4-3-7-17(16)18/h3-9,13,24H,10-12,14H2,1-2H3,(H,23,25). The minimum absolute atomic E-state index is 0.0197. The number of ether oxygens (including phenoxy) is 2. The number of carbonyl (C=O) groups excluding carboxylic acids is 1. The molecule has 140 valence electrons. The zero-order chi connectivity index (χ0) is 18.9. The van der Waals surface area contributed by atoms with Crippen molar-refractivity contribution in [2.45, 2.75) is 32.3 Å². The first-order valence-corrected chi connectivity index (χ1v) is 9.27. The summed E-state index contributed by atoms with van der Waals surface area (Å²) in [6, 6.07) is 14.0. The third kappa shape index (κ3) is 3.77. The van der Waals surface area contributed by atoms with Crippen LogP contribution < -0.4 is 14.8 Å². The first-order chi connectivity index (χ1) is 13.0. The van der Waals surface area contributed by atoms with E-state index in [0.29, 0.717) is 12.3 Å². The molecule has 0 atom stereocenters. The molecule has 0 radical (unpaired) electrons. The van der Waals surface area contributed by atoms with Crippen molar-refractivity contribution in [3.05, 3.63) is 59.8 Å². The Balaban J connectivity index is 1.29. The predicted molar refractivity (Wildman–Crippen MR) is 105 cm³/mol. The quantitative estimate of drug-likeness (QED) is 0.702. The molecule has 5 nitrogen and oxygen atoms in total. The number of hydrogen-bond acceptors (Lipinski definition) is 3. The fourth-order valence-corrected chi connectivity index (χ4v) is 3.57. The second kappa shape index (κ2) is 6.99. The van der Waals surface area contributed by atoms with Gasteiger partial charge < -0.3 is 19.8 Å². The van der Waals surface area contributed by atoms with Crippen LogP contribution in [0, 0.1) is 0 Å². The molecule has 3 aromatic rings. The topological polar surface area (TPSA) is 63.3 Å². The molecule has 1 aromatic heterocycles. The van der Waals surface area contributed by atoms with Gasteiger partial charge in [-0.3, -0.25) is 4.79 Å². The summed E-state index contributed by atoms with van der Waals surface area (Å²) >= 11 is 0. The molecular formula is C22H24N2O3. The first-order valence-electron chi connectivity index (χ1n) is 9.27. The molecule has 1 amide bonds. The Morgan fingerprint density at radius 1 is 1.22 bits per heavy atom. The molecule has 0 fully saturated rings. The van der Waals surface area contributed by atoms with E-state index in [-0.39, 0.29) is 18.1 Å². The number of benzene rings is 2. The molecular weight excluding hydrogens is 340 g/mol. The Kier molecular flexibility index (Phi) is 4.52. The van der Waals surface area contributed by atoms with Gasteiger partial charge in [-0.25, -0.2) is 0 Å². The third-order valence-corrected chi connectivity index (χ3v) is 4.81. The number of hydrogen-bond donors (Lipinski definition) is 2. The van der Waals surface area contributed by atoms with E-state index in [9.17, 15) is 4.79 Å². The highest BCUT2D eigenvalue weighted by molar-refractivity contribution is 5.83. The summed E-state index contributed by atoms with van der Waals surface area (Å²) in [4.78, 5) is 15.4. The Hall–Kier alpha value is -2.95. The molecule has 4 rings (SSSR count). The Labute approximate surface area is 158 Å². The number of amides is 1. The van der Waals surface area contributed by atoms with E-state index >= 15 is 0 Å². The zero-order valence-corrected chi connectivity index (χ0v) is 15.7. The lowest BCUT2D eigenvalue weighted by atomic mass is 10.0. The minimum atomic E-state index is -0.233. The van der Waals surface area contributed by atoms with E-state index in [1.165, 1.54) is 10.9 Å². The third-order valence-electron chi connectivity index (χ3n) is 4.81. The summed E-state index contributed by atoms with van der Waals surface area (Å²) in [6.07, 6.45) is 3.61. The highest BCUT2D eigenvalue weighted by atomic mass is 16.5. The average Bonchev–Trinajstić information content (AvgIpc) is 3.19. The van der Waals surface area contributed by atoms with Gasteiger partial charge in [0.25, 0.3) is 5.91 Å². The SMILES string of the molecule is CC1(C)Cc2cccc(OCC(=O)NCCc3c[nH]c4ccccc34)c2O1. The zero-order valence-electron chi connectivity index (χ0n) is 15.7. The molecule has 2 aromatic carbocycles. The van der Waals surface area contributed by atoms with Crippen LogP contribution in [0.1, 0.15) is 25.0 Å². The van der Waals surface area contributed by atoms with Crippen molar-refractivity contribution in [1.82, 2.24) is 10.3 Å². The highest BCUT2D eigenvalue weighted by Gasteiger charge is 2.32. The van der Waals surface area contributed by atoms with Gasteiger partial charge in [0.2, 0.25) is 0 Å². The number of nitrogens with one attached hydrogen (secondary N) is 2. The summed E-state index contributed by atoms with van der Waals surface area (Å²) in [5.41, 5.74) is 3.20. The van der Waals surface area contributed by atoms with E-state index in [1.807, 2.05) is 56.4 Å². The van der Waals surface area contributed by atoms with Gasteiger partial charge in [0.1, 0.15) is 5.60 Å². The van der Waals surface area contributed by atoms with Crippen LogP contribution in [0.5, 0.6) is 11.5 Å². The van der Waals surface area contributed by atoms with Crippen molar-refractivity contribution in [1.29, 1.82) is 0 Å². The maximum absolute atomic E-state index is 12.2. The number of fused-ring (bicyclic) bond motifs is 2. The van der Waals surface area contributed by atoms with Crippen LogP contribution in [0.3, 0.4) is 0 Å². The van der Waals surface area contributed by atoms with Gasteiger partial charge in [-0.05, 0) is 38.0 Å². The first kappa shape index (κ1) is 17.5. The monoisotopic (exact) mass is 364 g/mol. The fraction of sp³-hybridized carbons (Fsp3) is 0.318. The summed E-state index contributed by atoms with van der Waals surface area (Å²) < 4.78 is 11.7. The number of carbonyl (C=O) groups is 1. The molecule has 0 aliphatic carbocycles. The van der Waals surface area contributed by atoms with Crippen LogP contribution in [-0.2, 0) is 17.6 Å². The van der Waals surface area contributed by atoms with E-state index in [2.05, 4.69) is 16.4 Å². The van der Waals surface area contributed by atoms with Crippen LogP contribution in [0.25, 0.3) is 10.9 Å². The summed E-state index contributed by atoms with van der Waals surface area (Å²) in [5.74, 6) is 1.25. The Bertz CT molecular complexity index is 975. The van der Waals surface area contributed by atoms with Gasteiger partial charge in [-0.2, -0.15) is 0 Å². The molecule has 1 aliphatic rings. The molecule has 0 bridgehead atoms. The van der Waals surface area contributed by atoms with Crippen molar-refractivity contribution >= 4 is 16.8 Å². The van der Waals surface area contributed by atoms with Crippen molar-refractivity contribution < 1.29 is 14.3 Å². The number of rotatable bonds is 6. The van der Waals surface area contributed by atoms with Gasteiger partial charge in [0.05, 0.1) is 0 Å². The van der Waals surface area contributed by atoms with Crippen LogP contribution in [-0.4, -0.2) is 29.6 Å². The minimum Gasteiger partial charge on any atom is -0.483 e. The number of para-hydroxylation sites is 2. The lowest BCUT2D eigenvalue weighted by Gasteiger charge is -2.18. The molecule has 27 heavy (non-hydrogen) atoms. The van der Waals surface area contributed by atoms with Gasteiger partial charge in [0.15, 0.2) is 18.1 Å². The molecule has 5 heteroatoms. The van der Waals surface area contributed by atoms with Crippen molar-refractivity contribution in [3.8, 4) is 11.5 Å². The molecule has 1 aliphatic heterocycles. The lowest BCUT2D eigenvalue weighted by molar-refractivity contribution is -0.123. The fourth-order valence-electron chi connectivity index (χ4n) is 3.57. The summed E-state index contributed by atoms with van der Waals surface area (Å²) in [6.45, 7) is 4.65. The second-order valence-corrected chi connectivity index (χ2v) is 7.53. The van der Waals surface area contributed by atoms with Crippen LogP contribution in [0.15, 0.2) is 48.7 Å². The van der Waals surface area contributed by atoms with Crippen molar-refractivity contribution in [2.75, 3.05) is 13.2 Å². The average molecular weight is 364 g/mol. The van der Waals surface area contributed by atoms with E-state index in [4.69, 9.17) is 9.47 Å². The van der Waals surface area contributed by atoms with Gasteiger partial charge >= 0.3 is 0 Å². The lowest BCUT2D eigenvalue weighted by Crippen LogP contribution is -2.30. The number of aromatic nitrogens is 1. The van der Waals surface area contributed by atoms with Crippen LogP contribution in [0.2, 0.25) is 0 Å². The van der Waals surface area contributed by atoms with E-state index in [0.717, 1.165) is 29.7 Å². The maximum atomic E-state index is 12.2. The Morgan fingerprint density at radius 3 is 2.96 bits per heavy atom. The summed E-state index contributed by atoms with van der Waals surface area (Å²) in [7, 11) is 0. The van der Waals surface area contributed by atoms with Crippen LogP contribution in [0.4, 0.5) is 0 Å². The van der Waals surface area contributed by atoms with Crippen molar-refractivity contribution in [2.24, 2.45) is 0 Å². The predicted octanol–water partition coefficient (Wildman–Crippen LogP) is 3.62. The smallest absolute Gasteiger partial charge is 0.257 e. The van der Waals surface area contributed by atoms with Crippen molar-refractivity contribution in [3.63, 3.8) is 0 Å².